The minimum absolute atomic E-state index is 0.181. The maximum atomic E-state index is 14.5. The van der Waals surface area contributed by atoms with Crippen LogP contribution in [0.2, 0.25) is 0 Å². The number of ketones is 1. The highest BCUT2D eigenvalue weighted by atomic mass is 32.1. The molecule has 2 saturated heterocycles. The molecule has 368 valence electrons. The Balaban J connectivity index is 1.02. The number of carbonyl (C=O) groups excluding carboxylic acids is 6. The number of thiazole rings is 1. The van der Waals surface area contributed by atoms with Crippen molar-refractivity contribution in [2.45, 2.75) is 168 Å². The highest BCUT2D eigenvalue weighted by Gasteiger charge is 2.53. The number of unbranched alkanes of at least 4 members (excludes halogenated alkanes) is 7. The van der Waals surface area contributed by atoms with Gasteiger partial charge in [-0.2, -0.15) is 0 Å². The van der Waals surface area contributed by atoms with Crippen molar-refractivity contribution in [3.8, 4) is 5.75 Å². The summed E-state index contributed by atoms with van der Waals surface area (Å²) in [6.45, 7) is 13.2. The summed E-state index contributed by atoms with van der Waals surface area (Å²) >= 11 is 1.58. The van der Waals surface area contributed by atoms with Crippen LogP contribution in [0, 0.1) is 24.2 Å². The molecule has 2 aromatic carbocycles. The summed E-state index contributed by atoms with van der Waals surface area (Å²) in [5, 5.41) is 12.5. The van der Waals surface area contributed by atoms with Gasteiger partial charge in [0.2, 0.25) is 0 Å². The average molecular weight is 957 g/mol. The summed E-state index contributed by atoms with van der Waals surface area (Å²) in [4.78, 5) is 83.8. The van der Waals surface area contributed by atoms with Gasteiger partial charge in [-0.05, 0) is 101 Å². The largest absolute Gasteiger partial charge is 0.508 e. The summed E-state index contributed by atoms with van der Waals surface area (Å²) < 4.78 is 30.4. The lowest BCUT2D eigenvalue weighted by atomic mass is 9.71. The Kier molecular flexibility index (Phi) is 18.3. The first kappa shape index (κ1) is 52.1. The van der Waals surface area contributed by atoms with Gasteiger partial charge in [0.1, 0.15) is 30.3 Å². The lowest BCUT2D eigenvalue weighted by molar-refractivity contribution is -0.157. The smallest absolute Gasteiger partial charge is 0.457 e. The topological polar surface area (TPSA) is 188 Å². The van der Waals surface area contributed by atoms with E-state index in [4.69, 9.17) is 23.7 Å². The number of epoxide rings is 1. The number of hydrogen-bond acceptors (Lipinski definition) is 14. The number of cyclic esters (lactones) is 1. The zero-order valence-corrected chi connectivity index (χ0v) is 41.0. The van der Waals surface area contributed by atoms with Crippen LogP contribution in [0.3, 0.4) is 0 Å². The molecule has 3 aromatic rings. The molecule has 0 aliphatic carbocycles. The number of aliphatic hydroxyl groups is 1. The summed E-state index contributed by atoms with van der Waals surface area (Å²) in [5.41, 5.74) is 0.228. The monoisotopic (exact) mass is 956 g/mol. The number of imide groups is 1. The number of rotatable bonds is 18. The van der Waals surface area contributed by atoms with Gasteiger partial charge in [-0.3, -0.25) is 28.9 Å². The molecule has 2 amide bonds. The first-order valence-electron chi connectivity index (χ1n) is 24.2. The number of amides is 2. The fourth-order valence-corrected chi connectivity index (χ4v) is 10.1. The van der Waals surface area contributed by atoms with Gasteiger partial charge in [0.15, 0.2) is 0 Å². The van der Waals surface area contributed by atoms with Crippen LogP contribution in [0.25, 0.3) is 10.2 Å². The van der Waals surface area contributed by atoms with E-state index >= 15 is 0 Å². The van der Waals surface area contributed by atoms with Crippen LogP contribution in [0.4, 0.5) is 4.79 Å². The van der Waals surface area contributed by atoms with E-state index in [1.807, 2.05) is 39.0 Å². The standard InChI is InChI=1S/C53H68N2O12S/c1-7-17-39-49(60)34(2)18-16-28-53(6)44(67-53)31-41(37-22-25-42-40(30-37)54-35(3)68-42)65-48(59)32-43(52(4,5)50(39)61)66-51(62)63-33-36-20-23-38(24-21-36)64-47(58)19-14-12-10-8-9-11-13-15-29-55-45(56)26-27-46(55)57/h7,20-27,30,34,39,41,43-44,49,60H,1,8-19,28-29,31-33H2,2-6H3/t34-,39+,41-,43-,44-,49?,53+/m0/s1. The van der Waals surface area contributed by atoms with Crippen molar-refractivity contribution in [3.63, 3.8) is 0 Å². The maximum absolute atomic E-state index is 14.5. The van der Waals surface area contributed by atoms with E-state index in [1.54, 1.807) is 55.5 Å². The normalized spacial score (nSPS) is 25.5. The summed E-state index contributed by atoms with van der Waals surface area (Å²) in [7, 11) is 0. The van der Waals surface area contributed by atoms with Crippen molar-refractivity contribution in [1.29, 1.82) is 0 Å². The number of benzene rings is 2. The van der Waals surface area contributed by atoms with Crippen LogP contribution in [0.15, 0.2) is 67.3 Å². The van der Waals surface area contributed by atoms with Gasteiger partial charge < -0.3 is 28.8 Å². The third-order valence-electron chi connectivity index (χ3n) is 13.7. The number of aromatic nitrogens is 1. The minimum Gasteiger partial charge on any atom is -0.457 e. The second-order valence-electron chi connectivity index (χ2n) is 19.4. The molecule has 3 aliphatic rings. The van der Waals surface area contributed by atoms with Crippen LogP contribution in [-0.4, -0.2) is 81.1 Å². The SMILES string of the molecule is C=CC[C@H]1C(=O)C(C)(C)[C@@H](OC(=O)OCc2ccc(OC(=O)CCCCCCCCCCN3C(=O)C=CC3=O)cc2)CC(=O)O[C@H](c2ccc3sc(C)nc3c2)C[C@@H]2O[C@]2(C)CCC[C@H](C)C1O. The van der Waals surface area contributed by atoms with E-state index in [0.717, 1.165) is 78.6 Å². The van der Waals surface area contributed by atoms with Gasteiger partial charge in [-0.1, -0.05) is 76.1 Å². The van der Waals surface area contributed by atoms with Crippen molar-refractivity contribution in [2.75, 3.05) is 6.54 Å². The molecule has 1 N–H and O–H groups in total. The molecule has 3 aliphatic heterocycles. The molecule has 1 unspecified atom stereocenters. The number of Topliss-reactive ketones (excluding diaryl/α,β-unsaturated/α-hetero) is 1. The Morgan fingerprint density at radius 1 is 0.956 bits per heavy atom. The Morgan fingerprint density at radius 3 is 2.32 bits per heavy atom. The number of aliphatic hydroxyl groups excluding tert-OH is 1. The molecule has 1 aromatic heterocycles. The van der Waals surface area contributed by atoms with Gasteiger partial charge >= 0.3 is 18.1 Å². The van der Waals surface area contributed by atoms with Crippen molar-refractivity contribution in [2.24, 2.45) is 17.3 Å². The second kappa shape index (κ2) is 23.9. The number of fused-ring (bicyclic) bond motifs is 2. The fourth-order valence-electron chi connectivity index (χ4n) is 9.26. The predicted octanol–water partition coefficient (Wildman–Crippen LogP) is 10.2. The van der Waals surface area contributed by atoms with E-state index in [-0.39, 0.29) is 55.0 Å². The molecule has 68 heavy (non-hydrogen) atoms. The second-order valence-corrected chi connectivity index (χ2v) is 20.6. The van der Waals surface area contributed by atoms with Crippen molar-refractivity contribution < 1.29 is 57.6 Å². The van der Waals surface area contributed by atoms with Crippen LogP contribution < -0.4 is 4.74 Å². The quantitative estimate of drug-likeness (QED) is 0.0317. The Labute approximate surface area is 403 Å². The van der Waals surface area contributed by atoms with Gasteiger partial charge in [-0.25, -0.2) is 9.78 Å². The number of esters is 2. The number of hydrogen-bond donors (Lipinski definition) is 1. The van der Waals surface area contributed by atoms with Crippen molar-refractivity contribution >= 4 is 57.2 Å². The Bertz CT molecular complexity index is 2290. The predicted molar refractivity (Wildman–Crippen MR) is 256 cm³/mol. The number of allylic oxidation sites excluding steroid dienone is 1. The van der Waals surface area contributed by atoms with Gasteiger partial charge in [0, 0.05) is 37.5 Å². The third-order valence-corrected chi connectivity index (χ3v) is 14.6. The van der Waals surface area contributed by atoms with E-state index in [0.29, 0.717) is 37.1 Å². The molecular formula is C53H68N2O12S. The molecule has 15 heteroatoms. The maximum Gasteiger partial charge on any atom is 0.508 e. The van der Waals surface area contributed by atoms with Gasteiger partial charge in [-0.15, -0.1) is 17.9 Å². The van der Waals surface area contributed by atoms with Crippen LogP contribution in [0.1, 0.15) is 146 Å². The van der Waals surface area contributed by atoms with E-state index < -0.39 is 53.8 Å². The Hall–Kier alpha value is -5.25. The Morgan fingerprint density at radius 2 is 1.63 bits per heavy atom. The first-order valence-corrected chi connectivity index (χ1v) is 25.0. The molecular weight excluding hydrogens is 889 g/mol. The molecule has 4 heterocycles. The van der Waals surface area contributed by atoms with Gasteiger partial charge in [0.05, 0.1) is 44.9 Å². The zero-order valence-electron chi connectivity index (χ0n) is 40.2. The molecule has 2 fully saturated rings. The lowest BCUT2D eigenvalue weighted by Gasteiger charge is -2.37. The summed E-state index contributed by atoms with van der Waals surface area (Å²) in [5.74, 6) is -2.66. The highest BCUT2D eigenvalue weighted by molar-refractivity contribution is 7.18. The van der Waals surface area contributed by atoms with E-state index in [1.165, 1.54) is 17.1 Å². The zero-order chi connectivity index (χ0) is 49.0. The fraction of sp³-hybridized carbons (Fsp3) is 0.566. The van der Waals surface area contributed by atoms with Crippen molar-refractivity contribution in [3.05, 3.63) is 83.4 Å². The number of carbonyl (C=O) groups is 6. The third kappa shape index (κ3) is 14.2. The molecule has 6 rings (SSSR count). The molecule has 0 spiro atoms. The summed E-state index contributed by atoms with van der Waals surface area (Å²) in [6, 6.07) is 12.4. The van der Waals surface area contributed by atoms with Crippen LogP contribution >= 0.6 is 11.3 Å². The lowest BCUT2D eigenvalue weighted by Crippen LogP contribution is -2.48. The average Bonchev–Trinajstić information content (AvgIpc) is 3.58. The van der Waals surface area contributed by atoms with E-state index in [2.05, 4.69) is 11.6 Å². The molecule has 0 bridgehead atoms. The van der Waals surface area contributed by atoms with Crippen molar-refractivity contribution in [1.82, 2.24) is 9.88 Å². The summed E-state index contributed by atoms with van der Waals surface area (Å²) in [6.07, 6.45) is 9.86. The van der Waals surface area contributed by atoms with Crippen LogP contribution in [0.5, 0.6) is 5.75 Å². The van der Waals surface area contributed by atoms with Gasteiger partial charge in [0.25, 0.3) is 11.8 Å². The molecule has 7 atom stereocenters. The number of aryl methyl sites for hydroxylation is 1. The van der Waals surface area contributed by atoms with E-state index in [9.17, 15) is 33.9 Å². The minimum atomic E-state index is -1.47. The van der Waals surface area contributed by atoms with Crippen LogP contribution in [-0.2, 0) is 49.5 Å². The highest BCUT2D eigenvalue weighted by Crippen LogP contribution is 2.47. The molecule has 0 radical (unpaired) electrons. The first-order chi connectivity index (χ1) is 32.5. The number of ether oxygens (including phenoxy) is 5. The number of nitrogens with zero attached hydrogens (tertiary/aromatic N) is 2. The molecule has 0 saturated carbocycles. The molecule has 14 nitrogen and oxygen atoms in total.